The molecule has 0 aromatic rings. The molecule has 5 heteroatoms. The van der Waals surface area contributed by atoms with Crippen LogP contribution in [0.5, 0.6) is 0 Å². The maximum Gasteiger partial charge on any atom is 0.315 e. The van der Waals surface area contributed by atoms with E-state index < -0.39 is 0 Å². The number of rotatable bonds is 7. The maximum absolute atomic E-state index is 11.9. The van der Waals surface area contributed by atoms with E-state index in [1.54, 1.807) is 0 Å². The number of aliphatic hydroxyl groups is 1. The van der Waals surface area contributed by atoms with E-state index in [9.17, 15) is 9.90 Å². The summed E-state index contributed by atoms with van der Waals surface area (Å²) in [6, 6.07) is 0.501. The van der Waals surface area contributed by atoms with E-state index in [0.717, 1.165) is 32.2 Å². The lowest BCUT2D eigenvalue weighted by atomic mass is 9.86. The van der Waals surface area contributed by atoms with E-state index in [2.05, 4.69) is 36.4 Å². The summed E-state index contributed by atoms with van der Waals surface area (Å²) >= 11 is 0. The number of carbonyl (C=O) groups is 1. The van der Waals surface area contributed by atoms with Gasteiger partial charge in [-0.3, -0.25) is 0 Å². The van der Waals surface area contributed by atoms with Crippen LogP contribution in [0.25, 0.3) is 0 Å². The molecule has 0 aliphatic heterocycles. The van der Waals surface area contributed by atoms with E-state index in [1.165, 1.54) is 0 Å². The molecule has 5 nitrogen and oxygen atoms in total. The molecule has 0 aromatic carbocycles. The van der Waals surface area contributed by atoms with Crippen molar-refractivity contribution in [1.29, 1.82) is 0 Å². The van der Waals surface area contributed by atoms with Gasteiger partial charge in [-0.15, -0.1) is 0 Å². The van der Waals surface area contributed by atoms with Gasteiger partial charge in [0.25, 0.3) is 0 Å². The van der Waals surface area contributed by atoms with Crippen LogP contribution in [-0.2, 0) is 0 Å². The van der Waals surface area contributed by atoms with Gasteiger partial charge in [0.05, 0.1) is 6.61 Å². The fraction of sp³-hybridized carbons (Fsp3) is 0.933. The van der Waals surface area contributed by atoms with E-state index in [0.29, 0.717) is 12.6 Å². The lowest BCUT2D eigenvalue weighted by molar-refractivity contribution is 0.121. The number of nitrogens with one attached hydrogen (secondary N) is 2. The van der Waals surface area contributed by atoms with Gasteiger partial charge in [-0.25, -0.2) is 4.79 Å². The second-order valence-electron chi connectivity index (χ2n) is 6.40. The van der Waals surface area contributed by atoms with Crippen molar-refractivity contribution in [1.82, 2.24) is 15.5 Å². The minimum atomic E-state index is -0.162. The van der Waals surface area contributed by atoms with E-state index in [1.807, 2.05) is 6.92 Å². The fourth-order valence-electron chi connectivity index (χ4n) is 2.76. The fourth-order valence-corrected chi connectivity index (χ4v) is 2.76. The van der Waals surface area contributed by atoms with Crippen molar-refractivity contribution in [3.63, 3.8) is 0 Å². The molecule has 0 aromatic heterocycles. The van der Waals surface area contributed by atoms with Crippen LogP contribution < -0.4 is 10.6 Å². The van der Waals surface area contributed by atoms with Gasteiger partial charge in [-0.1, -0.05) is 20.3 Å². The molecular formula is C15H31N3O2. The monoisotopic (exact) mass is 285 g/mol. The molecule has 0 bridgehead atoms. The van der Waals surface area contributed by atoms with Crippen LogP contribution in [0.3, 0.4) is 0 Å². The zero-order chi connectivity index (χ0) is 15.2. The molecule has 1 saturated carbocycles. The Morgan fingerprint density at radius 1 is 1.55 bits per heavy atom. The van der Waals surface area contributed by atoms with E-state index in [-0.39, 0.29) is 24.1 Å². The lowest BCUT2D eigenvalue weighted by Gasteiger charge is -2.30. The van der Waals surface area contributed by atoms with Crippen molar-refractivity contribution in [2.45, 2.75) is 58.5 Å². The van der Waals surface area contributed by atoms with Gasteiger partial charge in [0.15, 0.2) is 0 Å². The Hall–Kier alpha value is -0.810. The zero-order valence-electron chi connectivity index (χ0n) is 13.4. The van der Waals surface area contributed by atoms with Crippen LogP contribution in [0.1, 0.15) is 46.5 Å². The Labute approximate surface area is 123 Å². The van der Waals surface area contributed by atoms with Crippen LogP contribution in [0, 0.1) is 5.41 Å². The summed E-state index contributed by atoms with van der Waals surface area (Å²) in [4.78, 5) is 14.1. The molecule has 0 saturated heterocycles. The van der Waals surface area contributed by atoms with Crippen LogP contribution in [0.4, 0.5) is 4.79 Å². The van der Waals surface area contributed by atoms with E-state index >= 15 is 0 Å². The first kappa shape index (κ1) is 17.2. The largest absolute Gasteiger partial charge is 0.396 e. The van der Waals surface area contributed by atoms with Crippen LogP contribution in [0.2, 0.25) is 0 Å². The van der Waals surface area contributed by atoms with Gasteiger partial charge in [-0.05, 0) is 33.2 Å². The number of nitrogens with zero attached hydrogens (tertiary/aromatic N) is 1. The van der Waals surface area contributed by atoms with Gasteiger partial charge in [-0.2, -0.15) is 0 Å². The highest BCUT2D eigenvalue weighted by Gasteiger charge is 2.39. The number of aliphatic hydroxyl groups excluding tert-OH is 1. The van der Waals surface area contributed by atoms with Crippen LogP contribution in [-0.4, -0.2) is 54.9 Å². The second kappa shape index (κ2) is 7.84. The van der Waals surface area contributed by atoms with Crippen molar-refractivity contribution >= 4 is 6.03 Å². The number of hydrogen-bond donors (Lipinski definition) is 3. The normalized spacial score (nSPS) is 27.6. The highest BCUT2D eigenvalue weighted by molar-refractivity contribution is 5.74. The number of amides is 2. The summed E-state index contributed by atoms with van der Waals surface area (Å²) in [6.07, 6.45) is 4.11. The first-order valence-corrected chi connectivity index (χ1v) is 7.78. The molecule has 20 heavy (non-hydrogen) atoms. The van der Waals surface area contributed by atoms with E-state index in [4.69, 9.17) is 0 Å². The average molecular weight is 285 g/mol. The summed E-state index contributed by atoms with van der Waals surface area (Å²) in [7, 11) is 2.08. The van der Waals surface area contributed by atoms with Crippen molar-refractivity contribution in [2.24, 2.45) is 5.41 Å². The topological polar surface area (TPSA) is 64.6 Å². The van der Waals surface area contributed by atoms with Crippen LogP contribution >= 0.6 is 0 Å². The van der Waals surface area contributed by atoms with Crippen LogP contribution in [0.15, 0.2) is 0 Å². The third-order valence-electron chi connectivity index (χ3n) is 4.84. The third-order valence-corrected chi connectivity index (χ3v) is 4.84. The number of hydrogen-bond acceptors (Lipinski definition) is 3. The molecule has 118 valence electrons. The first-order chi connectivity index (χ1) is 9.42. The molecular weight excluding hydrogens is 254 g/mol. The maximum atomic E-state index is 11.9. The quantitative estimate of drug-likeness (QED) is 0.665. The Balaban J connectivity index is 2.27. The van der Waals surface area contributed by atoms with Gasteiger partial charge < -0.3 is 20.6 Å². The highest BCUT2D eigenvalue weighted by Crippen LogP contribution is 2.37. The zero-order valence-corrected chi connectivity index (χ0v) is 13.4. The number of likely N-dealkylation sites (N-methyl/N-ethyl adjacent to an activating group) is 1. The van der Waals surface area contributed by atoms with Gasteiger partial charge in [0.1, 0.15) is 0 Å². The third kappa shape index (κ3) is 4.63. The molecule has 1 rings (SSSR count). The summed E-state index contributed by atoms with van der Waals surface area (Å²) in [6.45, 7) is 8.03. The first-order valence-electron chi connectivity index (χ1n) is 7.78. The summed E-state index contributed by atoms with van der Waals surface area (Å²) < 4.78 is 0. The SMILES string of the molecule is CCC(C)N(C)CCNC(=O)NC1CCCC1(C)CO. The smallest absolute Gasteiger partial charge is 0.315 e. The standard InChI is InChI=1S/C15H31N3O2/c1-5-12(2)18(4)10-9-16-14(20)17-13-7-6-8-15(13,3)11-19/h12-13,19H,5-11H2,1-4H3,(H2,16,17,20). The van der Waals surface area contributed by atoms with Crippen molar-refractivity contribution in [3.8, 4) is 0 Å². The molecule has 1 aliphatic rings. The molecule has 3 atom stereocenters. The molecule has 2 amide bonds. The Bertz CT molecular complexity index is 311. The minimum absolute atomic E-state index is 0.0831. The number of carbonyl (C=O) groups excluding carboxylic acids is 1. The Kier molecular flexibility index (Phi) is 6.76. The Morgan fingerprint density at radius 3 is 2.85 bits per heavy atom. The molecule has 3 N–H and O–H groups in total. The molecule has 1 aliphatic carbocycles. The summed E-state index contributed by atoms with van der Waals surface area (Å²) in [5.74, 6) is 0. The second-order valence-corrected chi connectivity index (χ2v) is 6.40. The van der Waals surface area contributed by atoms with Crippen molar-refractivity contribution < 1.29 is 9.90 Å². The lowest BCUT2D eigenvalue weighted by Crippen LogP contribution is -2.49. The van der Waals surface area contributed by atoms with Gasteiger partial charge >= 0.3 is 6.03 Å². The highest BCUT2D eigenvalue weighted by atomic mass is 16.3. The summed E-state index contributed by atoms with van der Waals surface area (Å²) in [5, 5.41) is 15.4. The number of urea groups is 1. The average Bonchev–Trinajstić information content (AvgIpc) is 2.79. The molecule has 0 radical (unpaired) electrons. The summed E-state index contributed by atoms with van der Waals surface area (Å²) in [5.41, 5.74) is -0.162. The van der Waals surface area contributed by atoms with Gasteiger partial charge in [0.2, 0.25) is 0 Å². The predicted octanol–water partition coefficient (Wildman–Crippen LogP) is 1.57. The van der Waals surface area contributed by atoms with Gasteiger partial charge in [0, 0.05) is 30.6 Å². The molecule has 1 fully saturated rings. The van der Waals surface area contributed by atoms with Crippen molar-refractivity contribution in [3.05, 3.63) is 0 Å². The Morgan fingerprint density at radius 2 is 2.25 bits per heavy atom. The minimum Gasteiger partial charge on any atom is -0.396 e. The van der Waals surface area contributed by atoms with Crippen molar-refractivity contribution in [2.75, 3.05) is 26.7 Å². The molecule has 3 unspecified atom stereocenters. The predicted molar refractivity (Wildman–Crippen MR) is 81.7 cm³/mol. The molecule has 0 heterocycles. The molecule has 0 spiro atoms.